The second-order valence-electron chi connectivity index (χ2n) is 8.87. The largest absolute Gasteiger partial charge is 0.342 e. The Labute approximate surface area is 199 Å². The van der Waals surface area contributed by atoms with E-state index in [9.17, 15) is 18.0 Å². The van der Waals surface area contributed by atoms with Crippen molar-refractivity contribution in [1.29, 1.82) is 0 Å². The number of likely N-dealkylation sites (tertiary alicyclic amines) is 1. The van der Waals surface area contributed by atoms with E-state index >= 15 is 0 Å². The number of hydrogen-bond donors (Lipinski definition) is 1. The van der Waals surface area contributed by atoms with Gasteiger partial charge < -0.3 is 10.2 Å². The number of carbonyl (C=O) groups is 2. The average Bonchev–Trinajstić information content (AvgIpc) is 3.23. The van der Waals surface area contributed by atoms with E-state index in [2.05, 4.69) is 10.3 Å². The summed E-state index contributed by atoms with van der Waals surface area (Å²) >= 11 is 1.41. The molecule has 178 valence electrons. The smallest absolute Gasteiger partial charge is 0.243 e. The highest BCUT2D eigenvalue weighted by atomic mass is 32.2. The normalized spacial score (nSPS) is 18.9. The molecular formula is C23H30N4O4S2. The molecule has 2 aromatic rings. The number of carbonyl (C=O) groups excluding carboxylic acids is 2. The maximum absolute atomic E-state index is 13.0. The molecule has 0 radical (unpaired) electrons. The molecule has 2 amide bonds. The highest BCUT2D eigenvalue weighted by Gasteiger charge is 2.35. The number of nitrogens with one attached hydrogen (secondary N) is 1. The molecule has 2 saturated heterocycles. The summed E-state index contributed by atoms with van der Waals surface area (Å²) in [6.45, 7) is 5.60. The fraction of sp³-hybridized carbons (Fsp3) is 0.522. The first-order valence-corrected chi connectivity index (χ1v) is 13.6. The monoisotopic (exact) mass is 490 g/mol. The number of rotatable bonds is 5. The summed E-state index contributed by atoms with van der Waals surface area (Å²) in [6.07, 6.45) is 2.30. The van der Waals surface area contributed by atoms with Gasteiger partial charge in [0.25, 0.3) is 0 Å². The molecule has 0 aliphatic carbocycles. The van der Waals surface area contributed by atoms with Crippen LogP contribution in [0.3, 0.4) is 0 Å². The van der Waals surface area contributed by atoms with Gasteiger partial charge in [0.1, 0.15) is 0 Å². The lowest BCUT2D eigenvalue weighted by molar-refractivity contribution is -0.139. The Bertz CT molecular complexity index is 1100. The van der Waals surface area contributed by atoms with Gasteiger partial charge >= 0.3 is 0 Å². The quantitative estimate of drug-likeness (QED) is 0.695. The molecular weight excluding hydrogens is 460 g/mol. The van der Waals surface area contributed by atoms with Crippen LogP contribution in [0, 0.1) is 25.7 Å². The number of sulfonamides is 1. The zero-order valence-corrected chi connectivity index (χ0v) is 20.6. The second-order valence-corrected chi connectivity index (χ2v) is 11.7. The predicted molar refractivity (Wildman–Crippen MR) is 127 cm³/mol. The van der Waals surface area contributed by atoms with Crippen molar-refractivity contribution in [3.63, 3.8) is 0 Å². The zero-order valence-electron chi connectivity index (χ0n) is 19.0. The van der Waals surface area contributed by atoms with Gasteiger partial charge in [-0.2, -0.15) is 4.31 Å². The molecule has 3 heterocycles. The highest BCUT2D eigenvalue weighted by Crippen LogP contribution is 2.28. The molecule has 4 rings (SSSR count). The standard InChI is InChI=1S/C23H30N4O4S2/c1-16-3-5-20(6-4-16)33(30,31)27-13-9-19(10-14-27)22(29)26-11-7-18(8-12-26)21(28)25-23-24-17(2)15-32-23/h3-6,15,18-19H,7-14H2,1-2H3,(H,24,25,28). The van der Waals surface area contributed by atoms with Crippen LogP contribution in [-0.4, -0.2) is 60.6 Å². The van der Waals surface area contributed by atoms with Crippen LogP contribution in [0.4, 0.5) is 5.13 Å². The van der Waals surface area contributed by atoms with Crippen molar-refractivity contribution in [3.8, 4) is 0 Å². The minimum Gasteiger partial charge on any atom is -0.342 e. The van der Waals surface area contributed by atoms with Crippen LogP contribution in [0.25, 0.3) is 0 Å². The summed E-state index contributed by atoms with van der Waals surface area (Å²) in [7, 11) is -3.53. The minimum absolute atomic E-state index is 0.0360. The lowest BCUT2D eigenvalue weighted by atomic mass is 9.92. The van der Waals surface area contributed by atoms with Crippen LogP contribution >= 0.6 is 11.3 Å². The molecule has 33 heavy (non-hydrogen) atoms. The Morgan fingerprint density at radius 3 is 2.15 bits per heavy atom. The third kappa shape index (κ3) is 5.44. The topological polar surface area (TPSA) is 99.7 Å². The van der Waals surface area contributed by atoms with E-state index in [0.29, 0.717) is 61.9 Å². The first-order chi connectivity index (χ1) is 15.7. The molecule has 2 aliphatic heterocycles. The number of anilines is 1. The maximum atomic E-state index is 13.0. The van der Waals surface area contributed by atoms with Gasteiger partial charge in [-0.05, 0) is 51.7 Å². The van der Waals surface area contributed by atoms with Gasteiger partial charge in [0.15, 0.2) is 5.13 Å². The second kappa shape index (κ2) is 9.90. The number of aryl methyl sites for hydroxylation is 2. The Morgan fingerprint density at radius 1 is 0.970 bits per heavy atom. The molecule has 1 aromatic carbocycles. The molecule has 10 heteroatoms. The van der Waals surface area contributed by atoms with Crippen molar-refractivity contribution in [2.24, 2.45) is 11.8 Å². The number of aromatic nitrogens is 1. The fourth-order valence-corrected chi connectivity index (χ4v) is 6.60. The van der Waals surface area contributed by atoms with E-state index in [-0.39, 0.29) is 23.7 Å². The first kappa shape index (κ1) is 23.8. The van der Waals surface area contributed by atoms with Gasteiger partial charge in [-0.1, -0.05) is 17.7 Å². The summed E-state index contributed by atoms with van der Waals surface area (Å²) in [5.41, 5.74) is 1.89. The van der Waals surface area contributed by atoms with E-state index in [1.807, 2.05) is 24.1 Å². The fourth-order valence-electron chi connectivity index (χ4n) is 4.44. The predicted octanol–water partition coefficient (Wildman–Crippen LogP) is 3.04. The van der Waals surface area contributed by atoms with E-state index in [1.54, 1.807) is 24.3 Å². The van der Waals surface area contributed by atoms with Gasteiger partial charge in [-0.15, -0.1) is 11.3 Å². The molecule has 0 spiro atoms. The summed E-state index contributed by atoms with van der Waals surface area (Å²) in [5.74, 6) is -0.249. The first-order valence-electron chi connectivity index (χ1n) is 11.3. The van der Waals surface area contributed by atoms with Gasteiger partial charge in [0.2, 0.25) is 21.8 Å². The number of thiazole rings is 1. The Morgan fingerprint density at radius 2 is 1.58 bits per heavy atom. The summed E-state index contributed by atoms with van der Waals surface area (Å²) in [4.78, 5) is 32.0. The molecule has 0 saturated carbocycles. The van der Waals surface area contributed by atoms with E-state index in [4.69, 9.17) is 0 Å². The molecule has 2 aliphatic rings. The van der Waals surface area contributed by atoms with Crippen molar-refractivity contribution in [1.82, 2.24) is 14.2 Å². The maximum Gasteiger partial charge on any atom is 0.243 e. The van der Waals surface area contributed by atoms with Gasteiger partial charge in [-0.3, -0.25) is 9.59 Å². The molecule has 1 aromatic heterocycles. The van der Waals surface area contributed by atoms with Crippen LogP contribution in [0.1, 0.15) is 36.9 Å². The van der Waals surface area contributed by atoms with Gasteiger partial charge in [0.05, 0.1) is 10.6 Å². The third-order valence-electron chi connectivity index (χ3n) is 6.49. The molecule has 2 fully saturated rings. The molecule has 0 unspecified atom stereocenters. The van der Waals surface area contributed by atoms with Crippen LogP contribution < -0.4 is 5.32 Å². The molecule has 8 nitrogen and oxygen atoms in total. The summed E-state index contributed by atoms with van der Waals surface area (Å²) < 4.78 is 27.3. The van der Waals surface area contributed by atoms with Crippen molar-refractivity contribution >= 4 is 38.3 Å². The number of nitrogens with zero attached hydrogens (tertiary/aromatic N) is 3. The van der Waals surface area contributed by atoms with Crippen molar-refractivity contribution in [2.75, 3.05) is 31.5 Å². The van der Waals surface area contributed by atoms with E-state index in [1.165, 1.54) is 15.6 Å². The number of hydrogen-bond acceptors (Lipinski definition) is 6. The lowest BCUT2D eigenvalue weighted by Gasteiger charge is -2.36. The number of piperidine rings is 2. The third-order valence-corrected chi connectivity index (χ3v) is 9.28. The minimum atomic E-state index is -3.53. The Hall–Kier alpha value is -2.30. The molecule has 0 bridgehead atoms. The van der Waals surface area contributed by atoms with Gasteiger partial charge in [0, 0.05) is 43.4 Å². The van der Waals surface area contributed by atoms with Crippen molar-refractivity contribution < 1.29 is 18.0 Å². The SMILES string of the molecule is Cc1ccc(S(=O)(=O)N2CCC(C(=O)N3CCC(C(=O)Nc4nc(C)cs4)CC3)CC2)cc1. The van der Waals surface area contributed by atoms with E-state index < -0.39 is 10.0 Å². The summed E-state index contributed by atoms with van der Waals surface area (Å²) in [5, 5.41) is 5.39. The van der Waals surface area contributed by atoms with Crippen molar-refractivity contribution in [2.45, 2.75) is 44.4 Å². The van der Waals surface area contributed by atoms with Crippen LogP contribution in [0.15, 0.2) is 34.5 Å². The van der Waals surface area contributed by atoms with E-state index in [0.717, 1.165) is 11.3 Å². The number of benzene rings is 1. The lowest BCUT2D eigenvalue weighted by Crippen LogP contribution is -2.47. The number of amides is 2. The molecule has 1 N–H and O–H groups in total. The van der Waals surface area contributed by atoms with Gasteiger partial charge in [-0.25, -0.2) is 13.4 Å². The molecule has 0 atom stereocenters. The average molecular weight is 491 g/mol. The zero-order chi connectivity index (χ0) is 23.6. The highest BCUT2D eigenvalue weighted by molar-refractivity contribution is 7.89. The Kier molecular flexibility index (Phi) is 7.16. The Balaban J connectivity index is 1.26. The van der Waals surface area contributed by atoms with Crippen LogP contribution in [0.5, 0.6) is 0 Å². The van der Waals surface area contributed by atoms with Crippen molar-refractivity contribution in [3.05, 3.63) is 40.9 Å². The van der Waals surface area contributed by atoms with Crippen LogP contribution in [-0.2, 0) is 19.6 Å². The van der Waals surface area contributed by atoms with Crippen LogP contribution in [0.2, 0.25) is 0 Å². The summed E-state index contributed by atoms with van der Waals surface area (Å²) in [6, 6.07) is 6.87.